The van der Waals surface area contributed by atoms with Crippen LogP contribution in [0.1, 0.15) is 26.2 Å². The van der Waals surface area contributed by atoms with Gasteiger partial charge in [0.2, 0.25) is 0 Å². The molecule has 1 aliphatic carbocycles. The summed E-state index contributed by atoms with van der Waals surface area (Å²) in [6.07, 6.45) is 3.36. The third kappa shape index (κ3) is 3.59. The van der Waals surface area contributed by atoms with Crippen LogP contribution in [0.15, 0.2) is 0 Å². The second kappa shape index (κ2) is 5.77. The highest BCUT2D eigenvalue weighted by Gasteiger charge is 2.41. The number of ether oxygens (including phenoxy) is 1. The van der Waals surface area contributed by atoms with Crippen molar-refractivity contribution in [3.05, 3.63) is 0 Å². The Hall–Kier alpha value is -1.30. The van der Waals surface area contributed by atoms with Gasteiger partial charge in [-0.3, -0.25) is 4.79 Å². The average Bonchev–Trinajstić information content (AvgIpc) is 3.10. The van der Waals surface area contributed by atoms with Gasteiger partial charge in [-0.15, -0.1) is 0 Å². The smallest absolute Gasteiger partial charge is 0.317 e. The topological polar surface area (TPSA) is 78.9 Å². The summed E-state index contributed by atoms with van der Waals surface area (Å²) in [6.45, 7) is 2.50. The SMILES string of the molecule is CC(CN(C)C(=O)NC1CCOC1C1CC1)C(=O)O. The summed E-state index contributed by atoms with van der Waals surface area (Å²) >= 11 is 0. The number of carboxylic acids is 1. The van der Waals surface area contributed by atoms with Gasteiger partial charge in [-0.25, -0.2) is 4.79 Å². The molecule has 0 aromatic heterocycles. The molecule has 1 saturated carbocycles. The molecule has 2 aliphatic rings. The van der Waals surface area contributed by atoms with Crippen molar-refractivity contribution in [3.63, 3.8) is 0 Å². The van der Waals surface area contributed by atoms with Gasteiger partial charge in [-0.1, -0.05) is 6.92 Å². The summed E-state index contributed by atoms with van der Waals surface area (Å²) in [5.41, 5.74) is 0. The number of carboxylic acid groups (broad SMARTS) is 1. The normalized spacial score (nSPS) is 27.9. The molecule has 1 aliphatic heterocycles. The van der Waals surface area contributed by atoms with Crippen molar-refractivity contribution in [2.24, 2.45) is 11.8 Å². The van der Waals surface area contributed by atoms with Gasteiger partial charge in [0.15, 0.2) is 0 Å². The predicted octanol–water partition coefficient (Wildman–Crippen LogP) is 0.916. The number of hydrogen-bond donors (Lipinski definition) is 2. The van der Waals surface area contributed by atoms with E-state index in [4.69, 9.17) is 9.84 Å². The van der Waals surface area contributed by atoms with Crippen LogP contribution in [0.2, 0.25) is 0 Å². The summed E-state index contributed by atoms with van der Waals surface area (Å²) in [6, 6.07) is -0.142. The fourth-order valence-electron chi connectivity index (χ4n) is 2.50. The third-order valence-electron chi connectivity index (χ3n) is 3.85. The summed E-state index contributed by atoms with van der Waals surface area (Å²) in [5.74, 6) is -0.856. The third-order valence-corrected chi connectivity index (χ3v) is 3.85. The maximum atomic E-state index is 12.0. The lowest BCUT2D eigenvalue weighted by atomic mass is 10.1. The first-order valence-corrected chi connectivity index (χ1v) is 6.85. The van der Waals surface area contributed by atoms with E-state index in [0.717, 1.165) is 6.42 Å². The van der Waals surface area contributed by atoms with Gasteiger partial charge in [-0.05, 0) is 25.2 Å². The molecule has 19 heavy (non-hydrogen) atoms. The average molecular weight is 270 g/mol. The van der Waals surface area contributed by atoms with Crippen LogP contribution in [0, 0.1) is 11.8 Å². The number of nitrogens with one attached hydrogen (secondary N) is 1. The number of amides is 2. The second-order valence-electron chi connectivity index (χ2n) is 5.64. The minimum Gasteiger partial charge on any atom is -0.481 e. The van der Waals surface area contributed by atoms with Crippen molar-refractivity contribution < 1.29 is 19.4 Å². The number of carbonyl (C=O) groups is 2. The minimum absolute atomic E-state index is 0.0718. The molecule has 1 heterocycles. The highest BCUT2D eigenvalue weighted by Crippen LogP contribution is 2.38. The van der Waals surface area contributed by atoms with E-state index in [1.54, 1.807) is 14.0 Å². The number of nitrogens with zero attached hydrogens (tertiary/aromatic N) is 1. The van der Waals surface area contributed by atoms with Crippen LogP contribution in [-0.2, 0) is 9.53 Å². The monoisotopic (exact) mass is 270 g/mol. The number of carbonyl (C=O) groups excluding carboxylic acids is 1. The Morgan fingerprint density at radius 2 is 2.11 bits per heavy atom. The van der Waals surface area contributed by atoms with Crippen molar-refractivity contribution in [2.75, 3.05) is 20.2 Å². The number of urea groups is 1. The highest BCUT2D eigenvalue weighted by molar-refractivity contribution is 5.76. The predicted molar refractivity (Wildman–Crippen MR) is 68.8 cm³/mol. The Morgan fingerprint density at radius 1 is 1.42 bits per heavy atom. The van der Waals surface area contributed by atoms with E-state index in [1.807, 2.05) is 0 Å². The molecule has 0 radical (unpaired) electrons. The van der Waals surface area contributed by atoms with Crippen molar-refractivity contribution in [1.82, 2.24) is 10.2 Å². The number of rotatable bonds is 5. The Bertz CT molecular complexity index is 357. The summed E-state index contributed by atoms with van der Waals surface area (Å²) in [5, 5.41) is 11.8. The Kier molecular flexibility index (Phi) is 4.29. The first kappa shape index (κ1) is 14.1. The molecule has 2 N–H and O–H groups in total. The lowest BCUT2D eigenvalue weighted by Crippen LogP contribution is -2.48. The summed E-state index contributed by atoms with van der Waals surface area (Å²) in [4.78, 5) is 24.2. The molecule has 2 rings (SSSR count). The van der Waals surface area contributed by atoms with E-state index in [-0.39, 0.29) is 24.7 Å². The maximum Gasteiger partial charge on any atom is 0.317 e. The Labute approximate surface area is 113 Å². The minimum atomic E-state index is -0.889. The second-order valence-corrected chi connectivity index (χ2v) is 5.64. The van der Waals surface area contributed by atoms with Crippen LogP contribution < -0.4 is 5.32 Å². The first-order valence-electron chi connectivity index (χ1n) is 6.85. The zero-order valence-electron chi connectivity index (χ0n) is 11.5. The first-order chi connectivity index (χ1) is 8.99. The van der Waals surface area contributed by atoms with Crippen LogP contribution in [-0.4, -0.2) is 54.4 Å². The standard InChI is InChI=1S/C13H22N2O4/c1-8(12(16)17)7-15(2)13(18)14-10-5-6-19-11(10)9-3-4-9/h8-11H,3-7H2,1-2H3,(H,14,18)(H,16,17). The molecule has 0 aromatic carbocycles. The zero-order chi connectivity index (χ0) is 14.0. The van der Waals surface area contributed by atoms with E-state index in [2.05, 4.69) is 5.32 Å². The van der Waals surface area contributed by atoms with Crippen LogP contribution in [0.4, 0.5) is 4.79 Å². The highest BCUT2D eigenvalue weighted by atomic mass is 16.5. The van der Waals surface area contributed by atoms with Crippen molar-refractivity contribution in [2.45, 2.75) is 38.3 Å². The number of aliphatic carboxylic acids is 1. The van der Waals surface area contributed by atoms with Crippen LogP contribution >= 0.6 is 0 Å². The molecular weight excluding hydrogens is 248 g/mol. The summed E-state index contributed by atoms with van der Waals surface area (Å²) in [7, 11) is 1.62. The van der Waals surface area contributed by atoms with Crippen LogP contribution in [0.25, 0.3) is 0 Å². The molecule has 2 fully saturated rings. The molecule has 0 spiro atoms. The lowest BCUT2D eigenvalue weighted by molar-refractivity contribution is -0.141. The molecule has 6 heteroatoms. The van der Waals surface area contributed by atoms with Gasteiger partial charge in [-0.2, -0.15) is 0 Å². The quantitative estimate of drug-likeness (QED) is 0.778. The van der Waals surface area contributed by atoms with Gasteiger partial charge in [0.05, 0.1) is 18.1 Å². The molecule has 1 saturated heterocycles. The van der Waals surface area contributed by atoms with Crippen molar-refractivity contribution in [1.29, 1.82) is 0 Å². The van der Waals surface area contributed by atoms with Crippen LogP contribution in [0.5, 0.6) is 0 Å². The van der Waals surface area contributed by atoms with Crippen LogP contribution in [0.3, 0.4) is 0 Å². The van der Waals surface area contributed by atoms with Crippen molar-refractivity contribution in [3.8, 4) is 0 Å². The molecular formula is C13H22N2O4. The molecule has 6 nitrogen and oxygen atoms in total. The van der Waals surface area contributed by atoms with E-state index >= 15 is 0 Å². The molecule has 108 valence electrons. The van der Waals surface area contributed by atoms with E-state index in [0.29, 0.717) is 12.5 Å². The van der Waals surface area contributed by atoms with Gasteiger partial charge in [0.25, 0.3) is 0 Å². The van der Waals surface area contributed by atoms with Gasteiger partial charge in [0, 0.05) is 20.2 Å². The largest absolute Gasteiger partial charge is 0.481 e. The maximum absolute atomic E-state index is 12.0. The van der Waals surface area contributed by atoms with Gasteiger partial charge >= 0.3 is 12.0 Å². The van der Waals surface area contributed by atoms with Gasteiger partial charge in [0.1, 0.15) is 0 Å². The van der Waals surface area contributed by atoms with Crippen molar-refractivity contribution >= 4 is 12.0 Å². The Balaban J connectivity index is 1.81. The van der Waals surface area contributed by atoms with Gasteiger partial charge < -0.3 is 20.1 Å². The fraction of sp³-hybridized carbons (Fsp3) is 0.846. The van der Waals surface area contributed by atoms with E-state index < -0.39 is 11.9 Å². The molecule has 3 atom stereocenters. The summed E-state index contributed by atoms with van der Waals surface area (Å²) < 4.78 is 5.66. The fourth-order valence-corrected chi connectivity index (χ4v) is 2.50. The molecule has 0 aromatic rings. The van der Waals surface area contributed by atoms with E-state index in [1.165, 1.54) is 17.7 Å². The molecule has 3 unspecified atom stereocenters. The molecule has 0 bridgehead atoms. The Morgan fingerprint density at radius 3 is 2.68 bits per heavy atom. The number of hydrogen-bond acceptors (Lipinski definition) is 3. The van der Waals surface area contributed by atoms with E-state index in [9.17, 15) is 9.59 Å². The zero-order valence-corrected chi connectivity index (χ0v) is 11.5. The molecule has 2 amide bonds. The lowest BCUT2D eigenvalue weighted by Gasteiger charge is -2.25.